The van der Waals surface area contributed by atoms with Crippen LogP contribution in [0, 0.1) is 0 Å². The Bertz CT molecular complexity index is 188. The van der Waals surface area contributed by atoms with Gasteiger partial charge in [0.2, 0.25) is 0 Å². The van der Waals surface area contributed by atoms with Crippen LogP contribution < -0.4 is 0 Å². The van der Waals surface area contributed by atoms with Crippen LogP contribution in [0.3, 0.4) is 0 Å². The SMILES string of the molecule is CC(C)=C/C=C(\C)S(=O)O. The van der Waals surface area contributed by atoms with Crippen molar-refractivity contribution in [3.8, 4) is 0 Å². The van der Waals surface area contributed by atoms with Crippen molar-refractivity contribution < 1.29 is 8.76 Å². The Kier molecular flexibility index (Phi) is 4.23. The van der Waals surface area contributed by atoms with E-state index >= 15 is 0 Å². The van der Waals surface area contributed by atoms with Gasteiger partial charge in [0.05, 0.1) is 0 Å². The van der Waals surface area contributed by atoms with Gasteiger partial charge in [-0.3, -0.25) is 0 Å². The van der Waals surface area contributed by atoms with Gasteiger partial charge in [0.1, 0.15) is 0 Å². The summed E-state index contributed by atoms with van der Waals surface area (Å²) in [5.41, 5.74) is 1.12. The Morgan fingerprint density at radius 2 is 1.80 bits per heavy atom. The van der Waals surface area contributed by atoms with Crippen molar-refractivity contribution >= 4 is 11.1 Å². The van der Waals surface area contributed by atoms with Gasteiger partial charge >= 0.3 is 0 Å². The second-order valence-electron chi connectivity index (χ2n) is 2.27. The van der Waals surface area contributed by atoms with Crippen LogP contribution in [0.2, 0.25) is 0 Å². The van der Waals surface area contributed by atoms with Crippen LogP contribution in [0.25, 0.3) is 0 Å². The van der Waals surface area contributed by atoms with Crippen molar-refractivity contribution in [1.29, 1.82) is 0 Å². The van der Waals surface area contributed by atoms with E-state index < -0.39 is 11.1 Å². The molecule has 0 radical (unpaired) electrons. The van der Waals surface area contributed by atoms with Gasteiger partial charge in [-0.15, -0.1) is 0 Å². The summed E-state index contributed by atoms with van der Waals surface area (Å²) < 4.78 is 18.8. The van der Waals surface area contributed by atoms with E-state index in [9.17, 15) is 4.21 Å². The highest BCUT2D eigenvalue weighted by molar-refractivity contribution is 7.83. The van der Waals surface area contributed by atoms with E-state index in [0.717, 1.165) is 5.57 Å². The first-order chi connectivity index (χ1) is 4.54. The highest BCUT2D eigenvalue weighted by atomic mass is 32.2. The molecule has 0 aromatic rings. The molecule has 0 rings (SSSR count). The van der Waals surface area contributed by atoms with E-state index in [1.165, 1.54) is 0 Å². The van der Waals surface area contributed by atoms with Gasteiger partial charge < -0.3 is 4.55 Å². The van der Waals surface area contributed by atoms with Gasteiger partial charge in [0, 0.05) is 4.91 Å². The summed E-state index contributed by atoms with van der Waals surface area (Å²) in [5, 5.41) is 0. The van der Waals surface area contributed by atoms with E-state index in [-0.39, 0.29) is 0 Å². The first-order valence-electron chi connectivity index (χ1n) is 2.96. The highest BCUT2D eigenvalue weighted by Gasteiger charge is 1.91. The van der Waals surface area contributed by atoms with Crippen molar-refractivity contribution in [1.82, 2.24) is 0 Å². The molecule has 0 saturated heterocycles. The van der Waals surface area contributed by atoms with Crippen LogP contribution in [0.15, 0.2) is 22.6 Å². The minimum absolute atomic E-state index is 0.473. The maximum absolute atomic E-state index is 10.3. The van der Waals surface area contributed by atoms with E-state index in [1.807, 2.05) is 19.9 Å². The van der Waals surface area contributed by atoms with Crippen LogP contribution in [0.4, 0.5) is 0 Å². The van der Waals surface area contributed by atoms with Crippen LogP contribution in [0.5, 0.6) is 0 Å². The van der Waals surface area contributed by atoms with Gasteiger partial charge in [0.25, 0.3) is 0 Å². The molecule has 0 bridgehead atoms. The molecule has 0 spiro atoms. The predicted octanol–water partition coefficient (Wildman–Crippen LogP) is 2.08. The minimum Gasteiger partial charge on any atom is -0.302 e. The lowest BCUT2D eigenvalue weighted by Gasteiger charge is -1.89. The van der Waals surface area contributed by atoms with Gasteiger partial charge in [0.15, 0.2) is 11.1 Å². The van der Waals surface area contributed by atoms with Gasteiger partial charge in [-0.1, -0.05) is 11.6 Å². The number of hydrogen-bond acceptors (Lipinski definition) is 1. The maximum atomic E-state index is 10.3. The van der Waals surface area contributed by atoms with Crippen molar-refractivity contribution in [2.45, 2.75) is 20.8 Å². The van der Waals surface area contributed by atoms with Crippen molar-refractivity contribution in [3.05, 3.63) is 22.6 Å². The molecule has 3 heteroatoms. The molecule has 1 N–H and O–H groups in total. The summed E-state index contributed by atoms with van der Waals surface area (Å²) in [6.45, 7) is 5.49. The fraction of sp³-hybridized carbons (Fsp3) is 0.429. The van der Waals surface area contributed by atoms with Gasteiger partial charge in [-0.05, 0) is 26.8 Å². The molecule has 0 fully saturated rings. The van der Waals surface area contributed by atoms with E-state index in [4.69, 9.17) is 4.55 Å². The van der Waals surface area contributed by atoms with Crippen LogP contribution in [-0.2, 0) is 11.1 Å². The largest absolute Gasteiger partial charge is 0.302 e. The fourth-order valence-corrected chi connectivity index (χ4v) is 0.527. The second kappa shape index (κ2) is 4.41. The zero-order valence-corrected chi connectivity index (χ0v) is 7.23. The topological polar surface area (TPSA) is 37.3 Å². The average Bonchev–Trinajstić information content (AvgIpc) is 1.82. The smallest absolute Gasteiger partial charge is 0.181 e. The average molecular weight is 160 g/mol. The van der Waals surface area contributed by atoms with Crippen LogP contribution >= 0.6 is 0 Å². The van der Waals surface area contributed by atoms with E-state index in [0.29, 0.717) is 4.91 Å². The summed E-state index contributed by atoms with van der Waals surface area (Å²) in [6, 6.07) is 0. The third kappa shape index (κ3) is 4.47. The summed E-state index contributed by atoms with van der Waals surface area (Å²) in [5.74, 6) is 0. The Balaban J connectivity index is 4.19. The number of rotatable bonds is 2. The molecule has 0 aromatic carbocycles. The summed E-state index contributed by atoms with van der Waals surface area (Å²) in [4.78, 5) is 0.473. The molecule has 58 valence electrons. The predicted molar refractivity (Wildman–Crippen MR) is 44.0 cm³/mol. The lowest BCUT2D eigenvalue weighted by Crippen LogP contribution is -1.85. The molecular weight excluding hydrogens is 148 g/mol. The monoisotopic (exact) mass is 160 g/mol. The maximum Gasteiger partial charge on any atom is 0.181 e. The minimum atomic E-state index is -1.81. The molecule has 0 heterocycles. The molecule has 10 heavy (non-hydrogen) atoms. The van der Waals surface area contributed by atoms with Gasteiger partial charge in [-0.25, -0.2) is 4.21 Å². The molecule has 1 unspecified atom stereocenters. The molecule has 0 aliphatic rings. The van der Waals surface area contributed by atoms with Crippen molar-refractivity contribution in [2.75, 3.05) is 0 Å². The molecular formula is C7H12O2S. The van der Waals surface area contributed by atoms with Gasteiger partial charge in [-0.2, -0.15) is 0 Å². The Hall–Kier alpha value is -0.410. The first-order valence-corrected chi connectivity index (χ1v) is 4.07. The molecule has 0 amide bonds. The van der Waals surface area contributed by atoms with Crippen molar-refractivity contribution in [2.24, 2.45) is 0 Å². The molecule has 0 aliphatic carbocycles. The lowest BCUT2D eigenvalue weighted by atomic mass is 10.3. The third-order valence-electron chi connectivity index (χ3n) is 0.927. The van der Waals surface area contributed by atoms with E-state index in [2.05, 4.69) is 0 Å². The lowest BCUT2D eigenvalue weighted by molar-refractivity contribution is 0.571. The highest BCUT2D eigenvalue weighted by Crippen LogP contribution is 1.99. The van der Waals surface area contributed by atoms with Crippen LogP contribution in [0.1, 0.15) is 20.8 Å². The zero-order chi connectivity index (χ0) is 8.15. The Morgan fingerprint density at radius 1 is 1.30 bits per heavy atom. The summed E-state index contributed by atoms with van der Waals surface area (Å²) >= 11 is -1.81. The molecule has 0 aromatic heterocycles. The van der Waals surface area contributed by atoms with Crippen molar-refractivity contribution in [3.63, 3.8) is 0 Å². The Morgan fingerprint density at radius 3 is 2.10 bits per heavy atom. The normalized spacial score (nSPS) is 14.6. The second-order valence-corrected chi connectivity index (χ2v) is 3.41. The molecule has 0 saturated carbocycles. The molecule has 0 aliphatic heterocycles. The number of allylic oxidation sites excluding steroid dienone is 4. The zero-order valence-electron chi connectivity index (χ0n) is 6.42. The fourth-order valence-electron chi connectivity index (χ4n) is 0.342. The van der Waals surface area contributed by atoms with Crippen LogP contribution in [-0.4, -0.2) is 8.76 Å². The molecule has 2 nitrogen and oxygen atoms in total. The standard InChI is InChI=1S/C7H12O2S/c1-6(2)4-5-7(3)10(8)9/h4-5H,1-3H3,(H,8,9)/b7-5+. The first kappa shape index (κ1) is 9.59. The Labute approximate surface area is 63.9 Å². The number of hydrogen-bond donors (Lipinski definition) is 1. The quantitative estimate of drug-likeness (QED) is 0.496. The summed E-state index contributed by atoms with van der Waals surface area (Å²) in [6.07, 6.45) is 3.45. The van der Waals surface area contributed by atoms with E-state index in [1.54, 1.807) is 13.0 Å². The summed E-state index contributed by atoms with van der Waals surface area (Å²) in [7, 11) is 0. The molecule has 1 atom stereocenters. The third-order valence-corrected chi connectivity index (χ3v) is 1.61.